The average molecular weight is 117 g/mol. The number of ether oxygens (including phenoxy) is 2. The molecule has 0 rings (SSSR count). The first-order valence-electron chi connectivity index (χ1n) is 2.18. The molecule has 3 heteroatoms. The maximum Gasteiger partial charge on any atom is 0.262 e. The van der Waals surface area contributed by atoms with Crippen molar-refractivity contribution in [3.63, 3.8) is 0 Å². The number of rotatable bonds is 3. The number of hydrogen-bond donors (Lipinski definition) is 0. The van der Waals surface area contributed by atoms with Gasteiger partial charge in [-0.2, -0.15) is 0 Å². The highest BCUT2D eigenvalue weighted by Crippen LogP contribution is 2.03. The van der Waals surface area contributed by atoms with Crippen molar-refractivity contribution >= 4 is 6.29 Å². The van der Waals surface area contributed by atoms with Crippen LogP contribution in [0.25, 0.3) is 0 Å². The molecule has 0 atom stereocenters. The molecular weight excluding hydrogens is 108 g/mol. The molecule has 0 spiro atoms. The molecule has 0 unspecified atom stereocenters. The van der Waals surface area contributed by atoms with E-state index in [4.69, 9.17) is 0 Å². The van der Waals surface area contributed by atoms with E-state index in [1.807, 2.05) is 0 Å². The molecule has 0 aromatic rings. The van der Waals surface area contributed by atoms with E-state index in [0.29, 0.717) is 0 Å². The van der Waals surface area contributed by atoms with Gasteiger partial charge >= 0.3 is 0 Å². The molecule has 0 N–H and O–H groups in total. The second-order valence-electron chi connectivity index (χ2n) is 1.46. The molecule has 0 saturated carbocycles. The van der Waals surface area contributed by atoms with E-state index < -0.39 is 5.79 Å². The summed E-state index contributed by atoms with van der Waals surface area (Å²) in [4.78, 5) is 9.91. The van der Waals surface area contributed by atoms with Crippen LogP contribution in [-0.2, 0) is 14.3 Å². The van der Waals surface area contributed by atoms with E-state index in [-0.39, 0.29) is 0 Å². The summed E-state index contributed by atoms with van der Waals surface area (Å²) in [6, 6.07) is 0. The molecule has 0 amide bonds. The van der Waals surface area contributed by atoms with Gasteiger partial charge in [0.1, 0.15) is 0 Å². The first-order chi connectivity index (χ1) is 3.68. The predicted octanol–water partition coefficient (Wildman–Crippen LogP) is 0.105. The predicted molar refractivity (Wildman–Crippen MR) is 28.1 cm³/mol. The molecule has 0 heterocycles. The minimum absolute atomic E-state index is 1.18. The summed E-state index contributed by atoms with van der Waals surface area (Å²) in [6.45, 7) is 1.49. The van der Waals surface area contributed by atoms with Gasteiger partial charge in [0.25, 0.3) is 6.29 Å². The van der Waals surface area contributed by atoms with Gasteiger partial charge in [-0.1, -0.05) is 0 Å². The van der Waals surface area contributed by atoms with E-state index in [9.17, 15) is 4.79 Å². The smallest absolute Gasteiger partial charge is 0.262 e. The molecule has 1 radical (unpaired) electrons. The van der Waals surface area contributed by atoms with E-state index >= 15 is 0 Å². The number of methoxy groups -OCH3 is 2. The van der Waals surface area contributed by atoms with Gasteiger partial charge in [-0.05, 0) is 6.92 Å². The highest BCUT2D eigenvalue weighted by molar-refractivity contribution is 5.60. The lowest BCUT2D eigenvalue weighted by atomic mass is 10.4. The van der Waals surface area contributed by atoms with E-state index in [2.05, 4.69) is 9.47 Å². The SMILES string of the molecule is COC(C)([C]=O)OC. The summed E-state index contributed by atoms with van der Waals surface area (Å²) >= 11 is 0. The molecule has 3 nitrogen and oxygen atoms in total. The Labute approximate surface area is 48.6 Å². The number of hydrogen-bond acceptors (Lipinski definition) is 3. The molecule has 0 saturated heterocycles. The van der Waals surface area contributed by atoms with Crippen molar-refractivity contribution in [2.24, 2.45) is 0 Å². The van der Waals surface area contributed by atoms with Gasteiger partial charge in [0.05, 0.1) is 0 Å². The average Bonchev–Trinajstić information content (AvgIpc) is 1.87. The van der Waals surface area contributed by atoms with Gasteiger partial charge in [0.2, 0.25) is 5.79 Å². The monoisotopic (exact) mass is 117 g/mol. The molecule has 0 aromatic carbocycles. The Bertz CT molecular complexity index is 75.7. The van der Waals surface area contributed by atoms with E-state index in [0.717, 1.165) is 0 Å². The van der Waals surface area contributed by atoms with Gasteiger partial charge in [0, 0.05) is 14.2 Å². The summed E-state index contributed by atoms with van der Waals surface area (Å²) in [7, 11) is 2.77. The lowest BCUT2D eigenvalue weighted by Gasteiger charge is -2.16. The van der Waals surface area contributed by atoms with Crippen LogP contribution in [0.15, 0.2) is 0 Å². The fourth-order valence-electron chi connectivity index (χ4n) is 0.167. The van der Waals surface area contributed by atoms with Crippen LogP contribution in [0.4, 0.5) is 0 Å². The molecule has 0 aliphatic rings. The largest absolute Gasteiger partial charge is 0.347 e. The highest BCUT2D eigenvalue weighted by atomic mass is 16.7. The van der Waals surface area contributed by atoms with Gasteiger partial charge in [-0.25, -0.2) is 0 Å². The third-order valence-electron chi connectivity index (χ3n) is 0.964. The maximum atomic E-state index is 9.91. The molecule has 0 fully saturated rings. The zero-order valence-corrected chi connectivity index (χ0v) is 5.22. The van der Waals surface area contributed by atoms with Crippen LogP contribution < -0.4 is 0 Å². The van der Waals surface area contributed by atoms with Gasteiger partial charge < -0.3 is 9.47 Å². The normalized spacial score (nSPS) is 11.4. The molecular formula is C5H9O3. The fourth-order valence-corrected chi connectivity index (χ4v) is 0.167. The van der Waals surface area contributed by atoms with Crippen LogP contribution in [0.2, 0.25) is 0 Å². The van der Waals surface area contributed by atoms with Crippen molar-refractivity contribution in [3.8, 4) is 0 Å². The van der Waals surface area contributed by atoms with Crippen molar-refractivity contribution in [2.45, 2.75) is 12.7 Å². The van der Waals surface area contributed by atoms with Gasteiger partial charge in [-0.3, -0.25) is 4.79 Å². The second-order valence-corrected chi connectivity index (χ2v) is 1.46. The zero-order valence-electron chi connectivity index (χ0n) is 5.22. The van der Waals surface area contributed by atoms with Crippen LogP contribution in [0.5, 0.6) is 0 Å². The van der Waals surface area contributed by atoms with Crippen LogP contribution in [0.1, 0.15) is 6.92 Å². The molecule has 0 aliphatic carbocycles. The standard InChI is InChI=1S/C5H9O3/c1-5(4-6,7-2)8-3/h1-3H3. The Morgan fingerprint density at radius 3 is 1.75 bits per heavy atom. The molecule has 0 aliphatic heterocycles. The first kappa shape index (κ1) is 7.59. The van der Waals surface area contributed by atoms with Crippen LogP contribution in [-0.4, -0.2) is 26.3 Å². The first-order valence-corrected chi connectivity index (χ1v) is 2.18. The summed E-state index contributed by atoms with van der Waals surface area (Å²) in [5.41, 5.74) is 0. The van der Waals surface area contributed by atoms with Crippen molar-refractivity contribution < 1.29 is 14.3 Å². The van der Waals surface area contributed by atoms with Crippen molar-refractivity contribution in [1.82, 2.24) is 0 Å². The Kier molecular flexibility index (Phi) is 2.65. The lowest BCUT2D eigenvalue weighted by Crippen LogP contribution is -2.30. The van der Waals surface area contributed by atoms with Crippen LogP contribution in [0.3, 0.4) is 0 Å². The second kappa shape index (κ2) is 2.79. The molecule has 0 bridgehead atoms. The minimum Gasteiger partial charge on any atom is -0.347 e. The van der Waals surface area contributed by atoms with Crippen molar-refractivity contribution in [2.75, 3.05) is 14.2 Å². The van der Waals surface area contributed by atoms with E-state index in [1.165, 1.54) is 21.1 Å². The van der Waals surface area contributed by atoms with Gasteiger partial charge in [-0.15, -0.1) is 0 Å². The zero-order chi connectivity index (χ0) is 6.62. The summed E-state index contributed by atoms with van der Waals surface area (Å²) < 4.78 is 9.18. The molecule has 0 aromatic heterocycles. The summed E-state index contributed by atoms with van der Waals surface area (Å²) in [5, 5.41) is 0. The minimum atomic E-state index is -1.18. The quantitative estimate of drug-likeness (QED) is 0.492. The Hall–Kier alpha value is -0.410. The third-order valence-corrected chi connectivity index (χ3v) is 0.964. The van der Waals surface area contributed by atoms with Crippen molar-refractivity contribution in [1.29, 1.82) is 0 Å². The molecule has 8 heavy (non-hydrogen) atoms. The summed E-state index contributed by atoms with van der Waals surface area (Å²) in [6.07, 6.45) is 1.58. The Morgan fingerprint density at radius 2 is 1.75 bits per heavy atom. The lowest BCUT2D eigenvalue weighted by molar-refractivity contribution is -0.139. The summed E-state index contributed by atoms with van der Waals surface area (Å²) in [5.74, 6) is -1.18. The highest BCUT2D eigenvalue weighted by Gasteiger charge is 2.21. The van der Waals surface area contributed by atoms with Crippen molar-refractivity contribution in [3.05, 3.63) is 0 Å². The molecule has 47 valence electrons. The Balaban J connectivity index is 3.76. The van der Waals surface area contributed by atoms with Crippen LogP contribution in [0, 0.1) is 0 Å². The Morgan fingerprint density at radius 1 is 1.38 bits per heavy atom. The fraction of sp³-hybridized carbons (Fsp3) is 0.800. The van der Waals surface area contributed by atoms with E-state index in [1.54, 1.807) is 6.29 Å². The maximum absolute atomic E-state index is 9.91. The van der Waals surface area contributed by atoms with Gasteiger partial charge in [0.15, 0.2) is 0 Å². The number of carbonyl (C=O) groups excluding carboxylic acids is 1. The van der Waals surface area contributed by atoms with Crippen LogP contribution >= 0.6 is 0 Å². The topological polar surface area (TPSA) is 35.5 Å². The third kappa shape index (κ3) is 1.60.